The first kappa shape index (κ1) is 17.2. The fourth-order valence-corrected chi connectivity index (χ4v) is 3.25. The highest BCUT2D eigenvalue weighted by Crippen LogP contribution is 2.35. The van der Waals surface area contributed by atoms with Gasteiger partial charge in [-0.2, -0.15) is 0 Å². The topological polar surface area (TPSA) is 0 Å². The van der Waals surface area contributed by atoms with Gasteiger partial charge in [0.15, 0.2) is 0 Å². The molecule has 0 fully saturated rings. The van der Waals surface area contributed by atoms with Crippen molar-refractivity contribution < 1.29 is 0 Å². The smallest absolute Gasteiger partial charge is 0.00734 e. The lowest BCUT2D eigenvalue weighted by Crippen LogP contribution is -1.96. The minimum absolute atomic E-state index is 1.10. The maximum atomic E-state index is 2.26. The van der Waals surface area contributed by atoms with Crippen LogP contribution in [0.2, 0.25) is 0 Å². The monoisotopic (exact) mass is 326 g/mol. The van der Waals surface area contributed by atoms with E-state index in [-0.39, 0.29) is 0 Å². The highest BCUT2D eigenvalue weighted by molar-refractivity contribution is 5.98. The molecule has 0 aliphatic carbocycles. The average molecular weight is 326 g/mol. The van der Waals surface area contributed by atoms with Crippen molar-refractivity contribution in [1.29, 1.82) is 0 Å². The molecule has 0 saturated heterocycles. The predicted molar refractivity (Wildman–Crippen MR) is 110 cm³/mol. The molecule has 0 aliphatic heterocycles. The molecular weight excluding hydrogens is 300 g/mol. The molecule has 0 N–H and O–H groups in total. The standard InChI is InChI=1S/C25H26/c1-3-4-15-24(21-11-7-5-8-12-21)25(22-13-9-6-10-14-22)23-18-16-20(2)17-19-23/h5-14,16-19H,3-4,15H2,1-2H3/b25-24-. The molecule has 0 saturated carbocycles. The maximum absolute atomic E-state index is 2.26. The number of rotatable bonds is 6. The largest absolute Gasteiger partial charge is 0.0654 e. The number of benzene rings is 3. The summed E-state index contributed by atoms with van der Waals surface area (Å²) in [5, 5.41) is 0. The fraction of sp³-hybridized carbons (Fsp3) is 0.200. The Hall–Kier alpha value is -2.60. The van der Waals surface area contributed by atoms with Crippen molar-refractivity contribution in [3.8, 4) is 0 Å². The highest BCUT2D eigenvalue weighted by Gasteiger charge is 2.13. The molecule has 0 aliphatic rings. The first-order chi connectivity index (χ1) is 12.3. The highest BCUT2D eigenvalue weighted by atomic mass is 14.2. The Morgan fingerprint density at radius 2 is 1.16 bits per heavy atom. The molecule has 0 radical (unpaired) electrons. The fourth-order valence-electron chi connectivity index (χ4n) is 3.25. The van der Waals surface area contributed by atoms with E-state index in [4.69, 9.17) is 0 Å². The van der Waals surface area contributed by atoms with E-state index in [1.54, 1.807) is 0 Å². The predicted octanol–water partition coefficient (Wildman–Crippen LogP) is 7.14. The molecule has 0 heterocycles. The van der Waals surface area contributed by atoms with Crippen LogP contribution in [0.15, 0.2) is 84.9 Å². The second kappa shape index (κ2) is 8.48. The van der Waals surface area contributed by atoms with Crippen molar-refractivity contribution in [3.05, 3.63) is 107 Å². The summed E-state index contributed by atoms with van der Waals surface area (Å²) in [6.07, 6.45) is 3.50. The van der Waals surface area contributed by atoms with E-state index in [1.165, 1.54) is 46.2 Å². The van der Waals surface area contributed by atoms with Crippen molar-refractivity contribution in [2.24, 2.45) is 0 Å². The Kier molecular flexibility index (Phi) is 5.85. The third-order valence-corrected chi connectivity index (χ3v) is 4.61. The molecule has 0 atom stereocenters. The van der Waals surface area contributed by atoms with Crippen LogP contribution in [-0.2, 0) is 0 Å². The van der Waals surface area contributed by atoms with Crippen LogP contribution in [0, 0.1) is 6.92 Å². The van der Waals surface area contributed by atoms with Crippen LogP contribution in [0.1, 0.15) is 48.4 Å². The van der Waals surface area contributed by atoms with E-state index in [9.17, 15) is 0 Å². The number of allylic oxidation sites excluding steroid dienone is 1. The second-order valence-electron chi connectivity index (χ2n) is 6.56. The molecule has 3 aromatic carbocycles. The molecule has 0 aromatic heterocycles. The Bertz CT molecular complexity index is 809. The number of aryl methyl sites for hydroxylation is 1. The first-order valence-electron chi connectivity index (χ1n) is 9.20. The molecule has 0 bridgehead atoms. The van der Waals surface area contributed by atoms with Crippen molar-refractivity contribution in [3.63, 3.8) is 0 Å². The van der Waals surface area contributed by atoms with E-state index in [1.807, 2.05) is 0 Å². The quantitative estimate of drug-likeness (QED) is 0.422. The van der Waals surface area contributed by atoms with Gasteiger partial charge >= 0.3 is 0 Å². The number of unbranched alkanes of at least 4 members (excludes halogenated alkanes) is 1. The van der Waals surface area contributed by atoms with Crippen LogP contribution in [0.4, 0.5) is 0 Å². The van der Waals surface area contributed by atoms with E-state index < -0.39 is 0 Å². The van der Waals surface area contributed by atoms with Crippen molar-refractivity contribution in [1.82, 2.24) is 0 Å². The summed E-state index contributed by atoms with van der Waals surface area (Å²) < 4.78 is 0. The van der Waals surface area contributed by atoms with Gasteiger partial charge in [-0.25, -0.2) is 0 Å². The van der Waals surface area contributed by atoms with Gasteiger partial charge in [0, 0.05) is 0 Å². The second-order valence-corrected chi connectivity index (χ2v) is 6.56. The molecule has 126 valence electrons. The van der Waals surface area contributed by atoms with Crippen LogP contribution < -0.4 is 0 Å². The Labute approximate surface area is 151 Å². The van der Waals surface area contributed by atoms with Gasteiger partial charge in [0.25, 0.3) is 0 Å². The number of hydrogen-bond donors (Lipinski definition) is 0. The van der Waals surface area contributed by atoms with E-state index in [2.05, 4.69) is 98.8 Å². The first-order valence-corrected chi connectivity index (χ1v) is 9.20. The lowest BCUT2D eigenvalue weighted by Gasteiger charge is -2.17. The maximum Gasteiger partial charge on any atom is -0.00734 e. The van der Waals surface area contributed by atoms with Gasteiger partial charge in [-0.1, -0.05) is 104 Å². The summed E-state index contributed by atoms with van der Waals surface area (Å²) in [4.78, 5) is 0. The Morgan fingerprint density at radius 3 is 1.72 bits per heavy atom. The molecule has 0 amide bonds. The van der Waals surface area contributed by atoms with Crippen molar-refractivity contribution >= 4 is 11.1 Å². The lowest BCUT2D eigenvalue weighted by molar-refractivity contribution is 0.825. The zero-order valence-electron chi connectivity index (χ0n) is 15.2. The van der Waals surface area contributed by atoms with Crippen LogP contribution in [-0.4, -0.2) is 0 Å². The van der Waals surface area contributed by atoms with E-state index >= 15 is 0 Å². The van der Waals surface area contributed by atoms with Gasteiger partial charge in [0.1, 0.15) is 0 Å². The Morgan fingerprint density at radius 1 is 0.640 bits per heavy atom. The van der Waals surface area contributed by atoms with Gasteiger partial charge in [-0.05, 0) is 47.6 Å². The molecule has 0 spiro atoms. The van der Waals surface area contributed by atoms with Gasteiger partial charge in [-0.3, -0.25) is 0 Å². The minimum atomic E-state index is 1.10. The van der Waals surface area contributed by atoms with E-state index in [0.29, 0.717) is 0 Å². The SMILES string of the molecule is CCCC/C(=C(\c1ccccc1)c1ccc(C)cc1)c1ccccc1. The van der Waals surface area contributed by atoms with Gasteiger partial charge in [0.2, 0.25) is 0 Å². The normalized spacial score (nSPS) is 11.9. The summed E-state index contributed by atoms with van der Waals surface area (Å²) in [6.45, 7) is 4.40. The summed E-state index contributed by atoms with van der Waals surface area (Å²) in [5.74, 6) is 0. The van der Waals surface area contributed by atoms with Crippen LogP contribution in [0.5, 0.6) is 0 Å². The van der Waals surface area contributed by atoms with Crippen LogP contribution in [0.3, 0.4) is 0 Å². The zero-order chi connectivity index (χ0) is 17.5. The van der Waals surface area contributed by atoms with Crippen molar-refractivity contribution in [2.45, 2.75) is 33.1 Å². The summed E-state index contributed by atoms with van der Waals surface area (Å²) in [7, 11) is 0. The lowest BCUT2D eigenvalue weighted by atomic mass is 9.87. The average Bonchev–Trinajstić information content (AvgIpc) is 2.67. The van der Waals surface area contributed by atoms with Gasteiger partial charge < -0.3 is 0 Å². The van der Waals surface area contributed by atoms with Crippen LogP contribution >= 0.6 is 0 Å². The van der Waals surface area contributed by atoms with Crippen LogP contribution in [0.25, 0.3) is 11.1 Å². The third kappa shape index (κ3) is 4.28. The molecule has 3 aromatic rings. The molecule has 0 heteroatoms. The molecule has 3 rings (SSSR count). The molecule has 0 unspecified atom stereocenters. The summed E-state index contributed by atoms with van der Waals surface area (Å²) >= 11 is 0. The van der Waals surface area contributed by atoms with Gasteiger partial charge in [0.05, 0.1) is 0 Å². The van der Waals surface area contributed by atoms with Crippen molar-refractivity contribution in [2.75, 3.05) is 0 Å². The zero-order valence-corrected chi connectivity index (χ0v) is 15.2. The van der Waals surface area contributed by atoms with E-state index in [0.717, 1.165) is 6.42 Å². The minimum Gasteiger partial charge on any atom is -0.0654 e. The Balaban J connectivity index is 2.24. The molecule has 25 heavy (non-hydrogen) atoms. The molecule has 0 nitrogen and oxygen atoms in total. The number of hydrogen-bond acceptors (Lipinski definition) is 0. The molecular formula is C25H26. The summed E-state index contributed by atoms with van der Waals surface area (Å²) in [5.41, 5.74) is 8.02. The third-order valence-electron chi connectivity index (χ3n) is 4.61. The summed E-state index contributed by atoms with van der Waals surface area (Å²) in [6, 6.07) is 30.6. The van der Waals surface area contributed by atoms with Gasteiger partial charge in [-0.15, -0.1) is 0 Å².